The van der Waals surface area contributed by atoms with E-state index in [1.807, 2.05) is 62.4 Å². The molecule has 0 fully saturated rings. The Bertz CT molecular complexity index is 1850. The van der Waals surface area contributed by atoms with Crippen LogP contribution in [-0.4, -0.2) is 36.1 Å². The minimum Gasteiger partial charge on any atom is -0.493 e. The summed E-state index contributed by atoms with van der Waals surface area (Å²) in [5.74, 6) is 0.0676. The molecular formula is C41H45BrN2O5. The van der Waals surface area contributed by atoms with Gasteiger partial charge in [-0.05, 0) is 100.0 Å². The number of methoxy groups -OCH3 is 1. The van der Waals surface area contributed by atoms with E-state index < -0.39 is 5.92 Å². The molecule has 0 aromatic heterocycles. The predicted octanol–water partition coefficient (Wildman–Crippen LogP) is 8.98. The fraction of sp³-hybridized carbons (Fsp3) is 0.390. The number of amides is 1. The van der Waals surface area contributed by atoms with Gasteiger partial charge in [-0.15, -0.1) is 0 Å². The molecule has 1 N–H and O–H groups in total. The number of hydrogen-bond donors (Lipinski definition) is 1. The molecule has 0 saturated heterocycles. The Morgan fingerprint density at radius 2 is 1.47 bits per heavy atom. The van der Waals surface area contributed by atoms with Crippen molar-refractivity contribution in [2.24, 2.45) is 10.8 Å². The highest BCUT2D eigenvalue weighted by molar-refractivity contribution is 9.10. The van der Waals surface area contributed by atoms with E-state index in [0.29, 0.717) is 52.2 Å². The van der Waals surface area contributed by atoms with E-state index in [0.717, 1.165) is 46.5 Å². The van der Waals surface area contributed by atoms with Crippen LogP contribution in [0.15, 0.2) is 87.7 Å². The number of hydrogen-bond acceptors (Lipinski definition) is 6. The number of rotatable bonds is 8. The first-order valence-corrected chi connectivity index (χ1v) is 17.7. The molecule has 3 aromatic carbocycles. The van der Waals surface area contributed by atoms with E-state index >= 15 is 0 Å². The first kappa shape index (κ1) is 34.7. The predicted molar refractivity (Wildman–Crippen MR) is 196 cm³/mol. The van der Waals surface area contributed by atoms with Crippen molar-refractivity contribution in [2.75, 3.05) is 19.0 Å². The van der Waals surface area contributed by atoms with Crippen LogP contribution in [0.3, 0.4) is 0 Å². The van der Waals surface area contributed by atoms with Gasteiger partial charge >= 0.3 is 0 Å². The smallest absolute Gasteiger partial charge is 0.262 e. The van der Waals surface area contributed by atoms with E-state index in [4.69, 9.17) is 9.47 Å². The molecule has 8 heteroatoms. The molecule has 0 radical (unpaired) electrons. The van der Waals surface area contributed by atoms with Crippen LogP contribution in [0.1, 0.15) is 81.5 Å². The van der Waals surface area contributed by atoms with Crippen LogP contribution in [0.5, 0.6) is 11.5 Å². The number of nitrogens with zero attached hydrogens (tertiary/aromatic N) is 1. The van der Waals surface area contributed by atoms with Crippen molar-refractivity contribution in [1.29, 1.82) is 0 Å². The number of ketones is 2. The number of Topliss-reactive ketones (excluding diaryl/α,β-unsaturated/α-hetero) is 2. The summed E-state index contributed by atoms with van der Waals surface area (Å²) in [5.41, 5.74) is 7.75. The summed E-state index contributed by atoms with van der Waals surface area (Å²) in [5, 5.41) is 2.89. The second-order valence-electron chi connectivity index (χ2n) is 15.3. The number of nitrogens with one attached hydrogen (secondary N) is 1. The van der Waals surface area contributed by atoms with Gasteiger partial charge < -0.3 is 19.7 Å². The fourth-order valence-corrected chi connectivity index (χ4v) is 8.11. The zero-order chi connectivity index (χ0) is 35.2. The number of ether oxygens (including phenoxy) is 2. The second-order valence-corrected chi connectivity index (χ2v) is 16.1. The van der Waals surface area contributed by atoms with Crippen molar-refractivity contribution >= 4 is 39.1 Å². The highest BCUT2D eigenvalue weighted by Crippen LogP contribution is 2.55. The molecule has 256 valence electrons. The minimum absolute atomic E-state index is 0.0666. The summed E-state index contributed by atoms with van der Waals surface area (Å²) in [6.45, 7) is 13.0. The van der Waals surface area contributed by atoms with Gasteiger partial charge in [0.1, 0.15) is 0 Å². The highest BCUT2D eigenvalue weighted by Gasteiger charge is 2.49. The molecule has 1 heterocycles. The summed E-state index contributed by atoms with van der Waals surface area (Å²) in [6, 6.07) is 19.8. The number of benzene rings is 3. The Morgan fingerprint density at radius 3 is 2.04 bits per heavy atom. The maximum atomic E-state index is 14.3. The Morgan fingerprint density at radius 1 is 0.857 bits per heavy atom. The number of carbonyl (C=O) groups is 3. The van der Waals surface area contributed by atoms with Gasteiger partial charge in [0.05, 0.1) is 11.6 Å². The zero-order valence-corrected chi connectivity index (χ0v) is 31.0. The normalized spacial score (nSPS) is 18.7. The highest BCUT2D eigenvalue weighted by atomic mass is 79.9. The molecule has 0 bridgehead atoms. The van der Waals surface area contributed by atoms with Crippen LogP contribution in [-0.2, 0) is 20.9 Å². The minimum atomic E-state index is -0.545. The molecule has 1 aliphatic heterocycles. The molecule has 0 atom stereocenters. The van der Waals surface area contributed by atoms with Gasteiger partial charge in [-0.1, -0.05) is 64.1 Å². The van der Waals surface area contributed by atoms with Gasteiger partial charge in [0, 0.05) is 53.5 Å². The molecule has 0 spiro atoms. The molecule has 3 aromatic rings. The van der Waals surface area contributed by atoms with Crippen LogP contribution in [0.4, 0.5) is 5.69 Å². The number of halogens is 1. The SMILES string of the molecule is COc1cc(C2C3=C(CC(C)(C)CC3=O)N(Cc3ccccc3)C3=C2C(=O)CC(C)(C)C3)cc(Br)c1OCC(=O)Nc1ccc(C)c(C)c1. The Kier molecular flexibility index (Phi) is 9.40. The summed E-state index contributed by atoms with van der Waals surface area (Å²) in [6.07, 6.45) is 2.24. The van der Waals surface area contributed by atoms with Crippen molar-refractivity contribution in [1.82, 2.24) is 4.90 Å². The van der Waals surface area contributed by atoms with Crippen LogP contribution in [0.2, 0.25) is 0 Å². The van der Waals surface area contributed by atoms with E-state index in [1.54, 1.807) is 7.11 Å². The summed E-state index contributed by atoms with van der Waals surface area (Å²) >= 11 is 3.69. The summed E-state index contributed by atoms with van der Waals surface area (Å²) < 4.78 is 12.4. The topological polar surface area (TPSA) is 84.9 Å². The fourth-order valence-electron chi connectivity index (χ4n) is 7.54. The van der Waals surface area contributed by atoms with Crippen molar-refractivity contribution in [3.8, 4) is 11.5 Å². The third-order valence-corrected chi connectivity index (χ3v) is 10.5. The van der Waals surface area contributed by atoms with Crippen LogP contribution in [0.25, 0.3) is 0 Å². The largest absolute Gasteiger partial charge is 0.493 e. The van der Waals surface area contributed by atoms with Crippen molar-refractivity contribution in [3.63, 3.8) is 0 Å². The van der Waals surface area contributed by atoms with Gasteiger partial charge in [-0.3, -0.25) is 14.4 Å². The Hall–Kier alpha value is -4.17. The van der Waals surface area contributed by atoms with Crippen molar-refractivity contribution < 1.29 is 23.9 Å². The van der Waals surface area contributed by atoms with Gasteiger partial charge in [-0.25, -0.2) is 0 Å². The summed E-state index contributed by atoms with van der Waals surface area (Å²) in [4.78, 5) is 43.7. The lowest BCUT2D eigenvalue weighted by molar-refractivity contribution is -0.120. The molecule has 7 nitrogen and oxygen atoms in total. The first-order valence-electron chi connectivity index (χ1n) is 16.9. The zero-order valence-electron chi connectivity index (χ0n) is 29.5. The molecule has 2 aliphatic carbocycles. The maximum absolute atomic E-state index is 14.3. The third-order valence-electron chi connectivity index (χ3n) is 9.93. The lowest BCUT2D eigenvalue weighted by Crippen LogP contribution is -2.44. The van der Waals surface area contributed by atoms with Gasteiger partial charge in [0.2, 0.25) is 0 Å². The van der Waals surface area contributed by atoms with Gasteiger partial charge in [0.15, 0.2) is 29.7 Å². The van der Waals surface area contributed by atoms with E-state index in [1.165, 1.54) is 0 Å². The molecule has 49 heavy (non-hydrogen) atoms. The molecule has 0 saturated carbocycles. The average molecular weight is 726 g/mol. The van der Waals surface area contributed by atoms with E-state index in [-0.39, 0.29) is 34.9 Å². The van der Waals surface area contributed by atoms with E-state index in [2.05, 4.69) is 66.0 Å². The number of carbonyl (C=O) groups excluding carboxylic acids is 3. The van der Waals surface area contributed by atoms with Gasteiger partial charge in [-0.2, -0.15) is 0 Å². The quantitative estimate of drug-likeness (QED) is 0.250. The second kappa shape index (κ2) is 13.3. The van der Waals surface area contributed by atoms with Crippen LogP contribution in [0, 0.1) is 24.7 Å². The number of aryl methyl sites for hydroxylation is 2. The molecular weight excluding hydrogens is 680 g/mol. The summed E-state index contributed by atoms with van der Waals surface area (Å²) in [7, 11) is 1.55. The van der Waals surface area contributed by atoms with Crippen LogP contribution < -0.4 is 14.8 Å². The number of allylic oxidation sites excluding steroid dienone is 4. The molecule has 3 aliphatic rings. The molecule has 6 rings (SSSR count). The third kappa shape index (κ3) is 7.11. The Balaban J connectivity index is 1.41. The van der Waals surface area contributed by atoms with Crippen molar-refractivity contribution in [3.05, 3.63) is 110 Å². The monoisotopic (exact) mass is 724 g/mol. The maximum Gasteiger partial charge on any atom is 0.262 e. The van der Waals surface area contributed by atoms with E-state index in [9.17, 15) is 14.4 Å². The van der Waals surface area contributed by atoms with Gasteiger partial charge in [0.25, 0.3) is 5.91 Å². The van der Waals surface area contributed by atoms with Crippen molar-refractivity contribution in [2.45, 2.75) is 79.7 Å². The number of anilines is 1. The van der Waals surface area contributed by atoms with Crippen LogP contribution >= 0.6 is 15.9 Å². The lowest BCUT2D eigenvalue weighted by atomic mass is 9.63. The standard InChI is InChI=1S/C41H45BrN2O5/c1-24-13-14-28(15-25(24)2)43-35(47)23-49-39-29(42)16-27(17-34(39)48-7)36-37-30(18-40(3,4)20-32(37)45)44(22-26-11-9-8-10-12-26)31-19-41(5,6)21-33(46)38(31)36/h8-17,36H,18-23H2,1-7H3,(H,43,47). The lowest BCUT2D eigenvalue weighted by Gasteiger charge is -2.49. The molecule has 1 amide bonds. The average Bonchev–Trinajstić information content (AvgIpc) is 3.02. The Labute approximate surface area is 297 Å². The molecule has 0 unspecified atom stereocenters. The first-order chi connectivity index (χ1) is 23.2.